The van der Waals surface area contributed by atoms with Crippen LogP contribution in [0.1, 0.15) is 13.8 Å². The van der Waals surface area contributed by atoms with E-state index in [1.165, 1.54) is 0 Å². The fourth-order valence-corrected chi connectivity index (χ4v) is 0.675. The van der Waals surface area contributed by atoms with Gasteiger partial charge in [-0.2, -0.15) is 5.26 Å². The monoisotopic (exact) mass is 142 g/mol. The topological polar surface area (TPSA) is 45.0 Å². The van der Waals surface area contributed by atoms with Crippen molar-refractivity contribution in [3.05, 3.63) is 0 Å². The van der Waals surface area contributed by atoms with Crippen molar-refractivity contribution in [2.24, 2.45) is 0 Å². The lowest BCUT2D eigenvalue weighted by molar-refractivity contribution is 0.0770. The molecule has 3 nitrogen and oxygen atoms in total. The zero-order chi connectivity index (χ0) is 7.82. The van der Waals surface area contributed by atoms with E-state index in [4.69, 9.17) is 10.00 Å². The Balaban J connectivity index is 3.06. The van der Waals surface area contributed by atoms with E-state index in [9.17, 15) is 0 Å². The summed E-state index contributed by atoms with van der Waals surface area (Å²) in [5, 5.41) is 11.1. The van der Waals surface area contributed by atoms with Gasteiger partial charge in [0.25, 0.3) is 0 Å². The Bertz CT molecular complexity index is 109. The average molecular weight is 142 g/mol. The Labute approximate surface area is 62.0 Å². The van der Waals surface area contributed by atoms with Gasteiger partial charge in [0.1, 0.15) is 0 Å². The molecule has 0 fully saturated rings. The highest BCUT2D eigenvalue weighted by Crippen LogP contribution is 1.85. The summed E-state index contributed by atoms with van der Waals surface area (Å²) in [6.07, 6.45) is 0.207. The lowest BCUT2D eigenvalue weighted by Crippen LogP contribution is -2.26. The SMILES string of the molecule is CCOC(C)CNCC#N. The van der Waals surface area contributed by atoms with Gasteiger partial charge in [-0.15, -0.1) is 0 Å². The summed E-state index contributed by atoms with van der Waals surface area (Å²) >= 11 is 0. The molecule has 3 heteroatoms. The van der Waals surface area contributed by atoms with E-state index < -0.39 is 0 Å². The molecule has 10 heavy (non-hydrogen) atoms. The lowest BCUT2D eigenvalue weighted by Gasteiger charge is -2.09. The zero-order valence-electron chi connectivity index (χ0n) is 6.55. The molecule has 0 aromatic rings. The van der Waals surface area contributed by atoms with Crippen molar-refractivity contribution in [3.8, 4) is 6.07 Å². The number of nitrogens with one attached hydrogen (secondary N) is 1. The molecule has 0 aromatic heterocycles. The summed E-state index contributed by atoms with van der Waals surface area (Å²) in [5.74, 6) is 0. The molecule has 0 aromatic carbocycles. The maximum absolute atomic E-state index is 8.16. The van der Waals surface area contributed by atoms with Crippen LogP contribution >= 0.6 is 0 Å². The van der Waals surface area contributed by atoms with Gasteiger partial charge in [-0.1, -0.05) is 0 Å². The maximum Gasteiger partial charge on any atom is 0.0841 e. The van der Waals surface area contributed by atoms with Crippen molar-refractivity contribution in [2.75, 3.05) is 19.7 Å². The average Bonchev–Trinajstić information content (AvgIpc) is 1.89. The highest BCUT2D eigenvalue weighted by Gasteiger charge is 1.97. The Morgan fingerprint density at radius 1 is 1.70 bits per heavy atom. The first-order valence-electron chi connectivity index (χ1n) is 3.50. The summed E-state index contributed by atoms with van der Waals surface area (Å²) < 4.78 is 5.22. The largest absolute Gasteiger partial charge is 0.377 e. The molecule has 0 saturated carbocycles. The molecule has 1 atom stereocenters. The van der Waals surface area contributed by atoms with E-state index in [-0.39, 0.29) is 6.10 Å². The third-order valence-electron chi connectivity index (χ3n) is 1.09. The standard InChI is InChI=1S/C7H14N2O/c1-3-10-7(2)6-9-5-4-8/h7,9H,3,5-6H2,1-2H3. The predicted molar refractivity (Wildman–Crippen MR) is 39.6 cm³/mol. The van der Waals surface area contributed by atoms with E-state index in [2.05, 4.69) is 5.32 Å². The van der Waals surface area contributed by atoms with Gasteiger partial charge in [-0.25, -0.2) is 0 Å². The number of nitrogens with zero attached hydrogens (tertiary/aromatic N) is 1. The summed E-state index contributed by atoms with van der Waals surface area (Å²) in [6, 6.07) is 2.00. The van der Waals surface area contributed by atoms with Crippen molar-refractivity contribution in [3.63, 3.8) is 0 Å². The molecule has 0 bridgehead atoms. The molecule has 0 heterocycles. The van der Waals surface area contributed by atoms with Gasteiger partial charge in [0, 0.05) is 13.2 Å². The molecule has 58 valence electrons. The fraction of sp³-hybridized carbons (Fsp3) is 0.857. The second kappa shape index (κ2) is 6.53. The van der Waals surface area contributed by atoms with Crippen LogP contribution in [0.3, 0.4) is 0 Å². The summed E-state index contributed by atoms with van der Waals surface area (Å²) in [5.41, 5.74) is 0. The van der Waals surface area contributed by atoms with Crippen molar-refractivity contribution in [1.82, 2.24) is 5.32 Å². The number of ether oxygens (including phenoxy) is 1. The second-order valence-corrected chi connectivity index (χ2v) is 2.05. The normalized spacial score (nSPS) is 12.5. The first-order chi connectivity index (χ1) is 4.81. The van der Waals surface area contributed by atoms with Crippen LogP contribution in [0.5, 0.6) is 0 Å². The van der Waals surface area contributed by atoms with Gasteiger partial charge < -0.3 is 10.1 Å². The van der Waals surface area contributed by atoms with Crippen LogP contribution in [0.4, 0.5) is 0 Å². The molecule has 0 amide bonds. The van der Waals surface area contributed by atoms with Crippen molar-refractivity contribution >= 4 is 0 Å². The first-order valence-corrected chi connectivity index (χ1v) is 3.50. The van der Waals surface area contributed by atoms with Crippen LogP contribution in [0.2, 0.25) is 0 Å². The third kappa shape index (κ3) is 5.54. The van der Waals surface area contributed by atoms with Gasteiger partial charge in [-0.05, 0) is 13.8 Å². The molecule has 0 rings (SSSR count). The maximum atomic E-state index is 8.16. The number of hydrogen-bond acceptors (Lipinski definition) is 3. The molecule has 0 saturated heterocycles. The minimum absolute atomic E-state index is 0.207. The molecular formula is C7H14N2O. The van der Waals surface area contributed by atoms with E-state index in [1.54, 1.807) is 0 Å². The molecule has 1 unspecified atom stereocenters. The van der Waals surface area contributed by atoms with E-state index in [1.807, 2.05) is 19.9 Å². The first kappa shape index (κ1) is 9.41. The predicted octanol–water partition coefficient (Wildman–Crippen LogP) is 0.525. The molecule has 0 spiro atoms. The Hall–Kier alpha value is -0.590. The van der Waals surface area contributed by atoms with Crippen LogP contribution in [0.25, 0.3) is 0 Å². The molecule has 0 radical (unpaired) electrons. The van der Waals surface area contributed by atoms with Crippen molar-refractivity contribution < 1.29 is 4.74 Å². The van der Waals surface area contributed by atoms with Crippen molar-refractivity contribution in [1.29, 1.82) is 5.26 Å². The van der Waals surface area contributed by atoms with E-state index in [0.29, 0.717) is 6.54 Å². The van der Waals surface area contributed by atoms with Crippen LogP contribution < -0.4 is 5.32 Å². The summed E-state index contributed by atoms with van der Waals surface area (Å²) in [7, 11) is 0. The highest BCUT2D eigenvalue weighted by atomic mass is 16.5. The van der Waals surface area contributed by atoms with Gasteiger partial charge in [0.15, 0.2) is 0 Å². The Morgan fingerprint density at radius 2 is 2.40 bits per heavy atom. The number of hydrogen-bond donors (Lipinski definition) is 1. The van der Waals surface area contributed by atoms with Crippen molar-refractivity contribution in [2.45, 2.75) is 20.0 Å². The van der Waals surface area contributed by atoms with E-state index in [0.717, 1.165) is 13.2 Å². The van der Waals surface area contributed by atoms with Gasteiger partial charge in [-0.3, -0.25) is 0 Å². The second-order valence-electron chi connectivity index (χ2n) is 2.05. The smallest absolute Gasteiger partial charge is 0.0841 e. The molecular weight excluding hydrogens is 128 g/mol. The minimum Gasteiger partial charge on any atom is -0.377 e. The highest BCUT2D eigenvalue weighted by molar-refractivity contribution is 4.73. The minimum atomic E-state index is 0.207. The van der Waals surface area contributed by atoms with Crippen LogP contribution in [0.15, 0.2) is 0 Å². The van der Waals surface area contributed by atoms with Gasteiger partial charge in [0.05, 0.1) is 18.7 Å². The molecule has 0 aliphatic rings. The van der Waals surface area contributed by atoms with Crippen LogP contribution in [-0.2, 0) is 4.74 Å². The number of nitriles is 1. The number of rotatable bonds is 5. The lowest BCUT2D eigenvalue weighted by atomic mass is 10.4. The molecule has 1 N–H and O–H groups in total. The fourth-order valence-electron chi connectivity index (χ4n) is 0.675. The van der Waals surface area contributed by atoms with Gasteiger partial charge >= 0.3 is 0 Å². The quantitative estimate of drug-likeness (QED) is 0.449. The van der Waals surface area contributed by atoms with Gasteiger partial charge in [0.2, 0.25) is 0 Å². The Morgan fingerprint density at radius 3 is 2.90 bits per heavy atom. The Kier molecular flexibility index (Phi) is 6.14. The molecule has 0 aliphatic heterocycles. The van der Waals surface area contributed by atoms with E-state index >= 15 is 0 Å². The zero-order valence-corrected chi connectivity index (χ0v) is 6.55. The third-order valence-corrected chi connectivity index (χ3v) is 1.09. The summed E-state index contributed by atoms with van der Waals surface area (Å²) in [6.45, 7) is 5.82. The molecule has 0 aliphatic carbocycles. The summed E-state index contributed by atoms with van der Waals surface area (Å²) in [4.78, 5) is 0. The van der Waals surface area contributed by atoms with Crippen LogP contribution in [-0.4, -0.2) is 25.8 Å². The van der Waals surface area contributed by atoms with Crippen LogP contribution in [0, 0.1) is 11.3 Å².